The summed E-state index contributed by atoms with van der Waals surface area (Å²) in [6.45, 7) is 2.02. The lowest BCUT2D eigenvalue weighted by Crippen LogP contribution is -2.15. The second kappa shape index (κ2) is 11.7. The largest absolute Gasteiger partial charge is 0.486 e. The van der Waals surface area contributed by atoms with Gasteiger partial charge in [0.15, 0.2) is 5.78 Å². The number of hydrogen-bond acceptors (Lipinski definition) is 5. The fraction of sp³-hybridized carbons (Fsp3) is 0.156. The standard InChI is InChI=1S/C32H28ClNO5S/c1-22-12-14-23(15-13-22)30(20-31(33)38-2)39-25-18-16-24(17-19-25)32(35)28-21-34(29-11-7-6-10-27(28)29)40(36,37)26-8-4-3-5-9-26/h3-19,21,30-31H,20H2,1-2H3. The van der Waals surface area contributed by atoms with Crippen LogP contribution < -0.4 is 4.74 Å². The lowest BCUT2D eigenvalue weighted by atomic mass is 10.0. The number of rotatable bonds is 10. The van der Waals surface area contributed by atoms with E-state index < -0.39 is 15.6 Å². The van der Waals surface area contributed by atoms with Crippen molar-refractivity contribution in [3.8, 4) is 5.75 Å². The van der Waals surface area contributed by atoms with Gasteiger partial charge in [0.25, 0.3) is 10.0 Å². The van der Waals surface area contributed by atoms with Crippen molar-refractivity contribution in [2.45, 2.75) is 29.9 Å². The molecule has 5 aromatic rings. The van der Waals surface area contributed by atoms with E-state index in [2.05, 4.69) is 0 Å². The van der Waals surface area contributed by atoms with E-state index in [0.29, 0.717) is 34.2 Å². The second-order valence-corrected chi connectivity index (χ2v) is 11.7. The predicted molar refractivity (Wildman–Crippen MR) is 157 cm³/mol. The molecule has 1 aromatic heterocycles. The number of nitrogens with zero attached hydrogens (tertiary/aromatic N) is 1. The molecular formula is C32H28ClNO5S. The van der Waals surface area contributed by atoms with Gasteiger partial charge < -0.3 is 9.47 Å². The molecule has 0 aliphatic heterocycles. The number of carbonyl (C=O) groups excluding carboxylic acids is 1. The molecule has 0 aliphatic carbocycles. The predicted octanol–water partition coefficient (Wildman–Crippen LogP) is 7.14. The van der Waals surface area contributed by atoms with Gasteiger partial charge in [-0.1, -0.05) is 77.8 Å². The number of ether oxygens (including phenoxy) is 2. The van der Waals surface area contributed by atoms with Crippen LogP contribution in [0.5, 0.6) is 5.75 Å². The van der Waals surface area contributed by atoms with Crippen LogP contribution in [0.3, 0.4) is 0 Å². The summed E-state index contributed by atoms with van der Waals surface area (Å²) in [5.74, 6) is 0.274. The summed E-state index contributed by atoms with van der Waals surface area (Å²) < 4.78 is 39.5. The van der Waals surface area contributed by atoms with Gasteiger partial charge in [-0.25, -0.2) is 12.4 Å². The number of aryl methyl sites for hydroxylation is 1. The third-order valence-corrected chi connectivity index (χ3v) is 8.77. The molecule has 40 heavy (non-hydrogen) atoms. The van der Waals surface area contributed by atoms with Gasteiger partial charge in [-0.2, -0.15) is 0 Å². The zero-order chi connectivity index (χ0) is 28.3. The lowest BCUT2D eigenvalue weighted by molar-refractivity contribution is 0.102. The number of carbonyl (C=O) groups is 1. The van der Waals surface area contributed by atoms with Gasteiger partial charge in [0.2, 0.25) is 0 Å². The van der Waals surface area contributed by atoms with Gasteiger partial charge in [0.1, 0.15) is 17.4 Å². The van der Waals surface area contributed by atoms with Gasteiger partial charge in [0, 0.05) is 36.2 Å². The van der Waals surface area contributed by atoms with Crippen molar-refractivity contribution in [3.63, 3.8) is 0 Å². The van der Waals surface area contributed by atoms with Crippen LogP contribution in [0.2, 0.25) is 0 Å². The number of methoxy groups -OCH3 is 1. The van der Waals surface area contributed by atoms with Crippen LogP contribution in [-0.2, 0) is 14.8 Å². The van der Waals surface area contributed by atoms with E-state index in [1.165, 1.54) is 22.3 Å². The van der Waals surface area contributed by atoms with E-state index in [4.69, 9.17) is 21.1 Å². The number of para-hydroxylation sites is 1. The average Bonchev–Trinajstić information content (AvgIpc) is 3.38. The van der Waals surface area contributed by atoms with Crippen LogP contribution >= 0.6 is 11.6 Å². The maximum absolute atomic E-state index is 13.6. The average molecular weight is 574 g/mol. The molecule has 0 N–H and O–H groups in total. The van der Waals surface area contributed by atoms with Gasteiger partial charge in [-0.15, -0.1) is 0 Å². The first kappa shape index (κ1) is 27.6. The first-order valence-electron chi connectivity index (χ1n) is 12.7. The van der Waals surface area contributed by atoms with E-state index >= 15 is 0 Å². The van der Waals surface area contributed by atoms with Crippen molar-refractivity contribution in [3.05, 3.63) is 132 Å². The zero-order valence-electron chi connectivity index (χ0n) is 22.0. The minimum atomic E-state index is -3.90. The lowest BCUT2D eigenvalue weighted by Gasteiger charge is -2.22. The Morgan fingerprint density at radius 1 is 0.875 bits per heavy atom. The number of ketones is 1. The zero-order valence-corrected chi connectivity index (χ0v) is 23.6. The highest BCUT2D eigenvalue weighted by Gasteiger charge is 2.24. The Hall–Kier alpha value is -3.91. The number of aromatic nitrogens is 1. The molecule has 0 fully saturated rings. The normalized spacial score (nSPS) is 13.2. The molecular weight excluding hydrogens is 546 g/mol. The van der Waals surface area contributed by atoms with E-state index in [1.807, 2.05) is 31.2 Å². The maximum atomic E-state index is 13.6. The van der Waals surface area contributed by atoms with Crippen LogP contribution in [0.4, 0.5) is 0 Å². The van der Waals surface area contributed by atoms with Gasteiger partial charge in [-0.3, -0.25) is 4.79 Å². The fourth-order valence-electron chi connectivity index (χ4n) is 4.54. The van der Waals surface area contributed by atoms with Crippen molar-refractivity contribution < 1.29 is 22.7 Å². The Kier molecular flexibility index (Phi) is 8.07. The minimum absolute atomic E-state index is 0.145. The topological polar surface area (TPSA) is 74.6 Å². The van der Waals surface area contributed by atoms with Crippen LogP contribution in [0.15, 0.2) is 114 Å². The highest BCUT2D eigenvalue weighted by atomic mass is 35.5. The van der Waals surface area contributed by atoms with E-state index in [-0.39, 0.29) is 16.8 Å². The van der Waals surface area contributed by atoms with Crippen molar-refractivity contribution in [2.75, 3.05) is 7.11 Å². The first-order valence-corrected chi connectivity index (χ1v) is 14.6. The molecule has 0 radical (unpaired) electrons. The van der Waals surface area contributed by atoms with Gasteiger partial charge in [-0.05, 0) is 55.0 Å². The summed E-state index contributed by atoms with van der Waals surface area (Å²) in [7, 11) is -2.35. The van der Waals surface area contributed by atoms with Crippen LogP contribution in [-0.4, -0.2) is 30.8 Å². The van der Waals surface area contributed by atoms with Crippen molar-refractivity contribution >= 4 is 38.3 Å². The molecule has 0 saturated carbocycles. The van der Waals surface area contributed by atoms with E-state index in [9.17, 15) is 13.2 Å². The summed E-state index contributed by atoms with van der Waals surface area (Å²) >= 11 is 6.27. The highest BCUT2D eigenvalue weighted by molar-refractivity contribution is 7.90. The van der Waals surface area contributed by atoms with E-state index in [0.717, 1.165) is 11.1 Å². The van der Waals surface area contributed by atoms with Crippen LogP contribution in [0.1, 0.15) is 39.6 Å². The van der Waals surface area contributed by atoms with Crippen molar-refractivity contribution in [1.29, 1.82) is 0 Å². The maximum Gasteiger partial charge on any atom is 0.268 e. The van der Waals surface area contributed by atoms with Crippen LogP contribution in [0.25, 0.3) is 10.9 Å². The monoisotopic (exact) mass is 573 g/mol. The molecule has 2 atom stereocenters. The smallest absolute Gasteiger partial charge is 0.268 e. The van der Waals surface area contributed by atoms with Crippen molar-refractivity contribution in [1.82, 2.24) is 3.97 Å². The molecule has 4 aromatic carbocycles. The Morgan fingerprint density at radius 2 is 1.52 bits per heavy atom. The summed E-state index contributed by atoms with van der Waals surface area (Å²) in [5.41, 5.74) is 2.71. The first-order chi connectivity index (χ1) is 19.3. The third kappa shape index (κ3) is 5.68. The molecule has 0 bridgehead atoms. The Balaban J connectivity index is 1.44. The number of benzene rings is 4. The van der Waals surface area contributed by atoms with Gasteiger partial charge in [0.05, 0.1) is 10.4 Å². The highest BCUT2D eigenvalue weighted by Crippen LogP contribution is 2.31. The Bertz CT molecular complexity index is 1730. The molecule has 0 aliphatic rings. The summed E-state index contributed by atoms with van der Waals surface area (Å²) in [4.78, 5) is 13.8. The molecule has 6 nitrogen and oxygen atoms in total. The molecule has 204 valence electrons. The molecule has 5 rings (SSSR count). The summed E-state index contributed by atoms with van der Waals surface area (Å²) in [5, 5.41) is 0.555. The van der Waals surface area contributed by atoms with E-state index in [1.54, 1.807) is 73.8 Å². The number of alkyl halides is 1. The second-order valence-electron chi connectivity index (χ2n) is 9.43. The Labute approximate surface area is 238 Å². The van der Waals surface area contributed by atoms with Crippen molar-refractivity contribution in [2.24, 2.45) is 0 Å². The fourth-order valence-corrected chi connectivity index (χ4v) is 6.09. The number of fused-ring (bicyclic) bond motifs is 1. The Morgan fingerprint density at radius 3 is 2.20 bits per heavy atom. The number of hydrogen-bond donors (Lipinski definition) is 0. The minimum Gasteiger partial charge on any atom is -0.486 e. The van der Waals surface area contributed by atoms with Gasteiger partial charge >= 0.3 is 0 Å². The van der Waals surface area contributed by atoms with Crippen LogP contribution in [0, 0.1) is 6.92 Å². The molecule has 1 heterocycles. The molecule has 2 unspecified atom stereocenters. The molecule has 0 amide bonds. The summed E-state index contributed by atoms with van der Waals surface area (Å²) in [6, 6.07) is 30.0. The third-order valence-electron chi connectivity index (χ3n) is 6.72. The quantitative estimate of drug-likeness (QED) is 0.131. The molecule has 8 heteroatoms. The molecule has 0 saturated heterocycles. The summed E-state index contributed by atoms with van der Waals surface area (Å²) in [6.07, 6.45) is 1.47. The SMILES string of the molecule is COC(Cl)CC(Oc1ccc(C(=O)c2cn(S(=O)(=O)c3ccccc3)c3ccccc23)cc1)c1ccc(C)cc1. The molecule has 0 spiro atoms. The number of halogens is 1.